The molecule has 9 heteroatoms. The van der Waals surface area contributed by atoms with Gasteiger partial charge in [-0.25, -0.2) is 13.8 Å². The molecule has 0 spiro atoms. The van der Waals surface area contributed by atoms with Crippen LogP contribution >= 0.6 is 24.8 Å². The molecular weight excluding hydrogens is 277 g/mol. The van der Waals surface area contributed by atoms with Crippen molar-refractivity contribution in [2.75, 3.05) is 13.1 Å². The summed E-state index contributed by atoms with van der Waals surface area (Å²) in [5, 5.41) is 2.02. The zero-order valence-corrected chi connectivity index (χ0v) is 10.2. The van der Waals surface area contributed by atoms with Gasteiger partial charge in [-0.1, -0.05) is 0 Å². The first-order valence-corrected chi connectivity index (χ1v) is 4.17. The van der Waals surface area contributed by atoms with Crippen LogP contribution in [0.25, 0.3) is 0 Å². The Labute approximate surface area is 109 Å². The van der Waals surface area contributed by atoms with Crippen molar-refractivity contribution in [2.24, 2.45) is 5.73 Å². The van der Waals surface area contributed by atoms with Crippen molar-refractivity contribution in [3.8, 4) is 0 Å². The average Bonchev–Trinajstić information content (AvgIpc) is 2.27. The number of amides is 1. The largest absolute Gasteiger partial charge is 0.345 e. The van der Waals surface area contributed by atoms with Gasteiger partial charge in [0.1, 0.15) is 5.69 Å². The van der Waals surface area contributed by atoms with Gasteiger partial charge in [-0.2, -0.15) is 0 Å². The predicted octanol–water partition coefficient (Wildman–Crippen LogP) is 0.644. The van der Waals surface area contributed by atoms with Crippen LogP contribution in [0.4, 0.5) is 8.78 Å². The summed E-state index contributed by atoms with van der Waals surface area (Å²) in [7, 11) is 0. The smallest absolute Gasteiger partial charge is 0.277 e. The zero-order valence-electron chi connectivity index (χ0n) is 8.60. The quantitative estimate of drug-likeness (QED) is 0.852. The molecule has 0 saturated heterocycles. The summed E-state index contributed by atoms with van der Waals surface area (Å²) in [5.74, 6) is -3.80. The molecule has 1 aromatic heterocycles. The lowest BCUT2D eigenvalue weighted by atomic mass is 10.3. The first-order valence-electron chi connectivity index (χ1n) is 4.17. The van der Waals surface area contributed by atoms with Crippen LogP contribution in [0.1, 0.15) is 10.5 Å². The van der Waals surface area contributed by atoms with Gasteiger partial charge in [-0.15, -0.1) is 24.8 Å². The molecule has 0 aliphatic carbocycles. The maximum absolute atomic E-state index is 12.7. The highest BCUT2D eigenvalue weighted by atomic mass is 35.5. The Morgan fingerprint density at radius 2 is 2.06 bits per heavy atom. The number of nitrogens with zero attached hydrogens (tertiary/aromatic N) is 2. The molecule has 17 heavy (non-hydrogen) atoms. The Bertz CT molecular complexity index is 340. The van der Waals surface area contributed by atoms with E-state index in [0.29, 0.717) is 0 Å². The van der Waals surface area contributed by atoms with E-state index in [9.17, 15) is 13.6 Å². The van der Waals surface area contributed by atoms with Crippen molar-refractivity contribution in [1.82, 2.24) is 15.3 Å². The number of hydrogen-bond donors (Lipinski definition) is 2. The SMILES string of the molecule is Cl.Cl.NCC(F)(F)CNC(=O)c1cnccn1. The molecule has 0 saturated carbocycles. The van der Waals surface area contributed by atoms with Crippen molar-refractivity contribution < 1.29 is 13.6 Å². The summed E-state index contributed by atoms with van der Waals surface area (Å²) in [6.07, 6.45) is 3.87. The second kappa shape index (κ2) is 8.10. The van der Waals surface area contributed by atoms with Crippen LogP contribution in [-0.4, -0.2) is 34.9 Å². The number of alkyl halides is 2. The standard InChI is InChI=1S/C8H10F2N4O.2ClH/c9-8(10,4-11)5-14-7(15)6-3-12-1-2-13-6;;/h1-3H,4-5,11H2,(H,14,15);2*1H. The highest BCUT2D eigenvalue weighted by Gasteiger charge is 2.27. The number of rotatable bonds is 4. The first-order chi connectivity index (χ1) is 7.05. The summed E-state index contributed by atoms with van der Waals surface area (Å²) in [6.45, 7) is -1.62. The first kappa shape index (κ1) is 18.3. The van der Waals surface area contributed by atoms with Crippen molar-refractivity contribution in [2.45, 2.75) is 5.92 Å². The summed E-state index contributed by atoms with van der Waals surface area (Å²) in [4.78, 5) is 18.5. The van der Waals surface area contributed by atoms with Gasteiger partial charge in [0.25, 0.3) is 11.8 Å². The van der Waals surface area contributed by atoms with E-state index < -0.39 is 24.9 Å². The van der Waals surface area contributed by atoms with Crippen molar-refractivity contribution in [1.29, 1.82) is 0 Å². The Hall–Kier alpha value is -1.05. The van der Waals surface area contributed by atoms with E-state index in [-0.39, 0.29) is 30.5 Å². The maximum atomic E-state index is 12.7. The van der Waals surface area contributed by atoms with E-state index in [4.69, 9.17) is 5.73 Å². The second-order valence-corrected chi connectivity index (χ2v) is 2.83. The minimum absolute atomic E-state index is 0. The summed E-state index contributed by atoms with van der Waals surface area (Å²) < 4.78 is 25.3. The lowest BCUT2D eigenvalue weighted by Gasteiger charge is -2.13. The minimum atomic E-state index is -3.10. The molecule has 1 amide bonds. The number of nitrogens with two attached hydrogens (primary N) is 1. The van der Waals surface area contributed by atoms with E-state index in [1.807, 2.05) is 5.32 Å². The van der Waals surface area contributed by atoms with Crippen molar-refractivity contribution in [3.63, 3.8) is 0 Å². The molecule has 0 fully saturated rings. The number of halogens is 4. The molecule has 3 N–H and O–H groups in total. The van der Waals surface area contributed by atoms with Crippen molar-refractivity contribution in [3.05, 3.63) is 24.3 Å². The molecule has 0 aliphatic rings. The summed E-state index contributed by atoms with van der Waals surface area (Å²) in [5.41, 5.74) is 4.79. The minimum Gasteiger partial charge on any atom is -0.345 e. The molecule has 0 radical (unpaired) electrons. The Balaban J connectivity index is 0. The number of carbonyl (C=O) groups excluding carboxylic acids is 1. The third-order valence-corrected chi connectivity index (χ3v) is 1.60. The highest BCUT2D eigenvalue weighted by Crippen LogP contribution is 2.08. The highest BCUT2D eigenvalue weighted by molar-refractivity contribution is 5.91. The monoisotopic (exact) mass is 288 g/mol. The number of carbonyl (C=O) groups is 1. The molecule has 1 heterocycles. The van der Waals surface area contributed by atoms with Gasteiger partial charge in [-0.3, -0.25) is 9.78 Å². The summed E-state index contributed by atoms with van der Waals surface area (Å²) >= 11 is 0. The van der Waals surface area contributed by atoms with Crippen LogP contribution in [0.15, 0.2) is 18.6 Å². The van der Waals surface area contributed by atoms with Gasteiger partial charge in [-0.05, 0) is 0 Å². The Morgan fingerprint density at radius 1 is 1.41 bits per heavy atom. The van der Waals surface area contributed by atoms with Gasteiger partial charge in [0.2, 0.25) is 0 Å². The van der Waals surface area contributed by atoms with Crippen LogP contribution in [0.3, 0.4) is 0 Å². The topological polar surface area (TPSA) is 80.9 Å². The van der Waals surface area contributed by atoms with Gasteiger partial charge in [0, 0.05) is 12.4 Å². The van der Waals surface area contributed by atoms with Gasteiger partial charge < -0.3 is 11.1 Å². The van der Waals surface area contributed by atoms with Crippen LogP contribution in [0, 0.1) is 0 Å². The molecule has 0 aliphatic heterocycles. The third-order valence-electron chi connectivity index (χ3n) is 1.60. The predicted molar refractivity (Wildman–Crippen MR) is 62.9 cm³/mol. The molecular formula is C8H12Cl2F2N4O. The van der Waals surface area contributed by atoms with Crippen molar-refractivity contribution >= 4 is 30.7 Å². The van der Waals surface area contributed by atoms with E-state index in [1.165, 1.54) is 18.6 Å². The van der Waals surface area contributed by atoms with Crippen LogP contribution < -0.4 is 11.1 Å². The number of hydrogen-bond acceptors (Lipinski definition) is 4. The third kappa shape index (κ3) is 6.30. The maximum Gasteiger partial charge on any atom is 0.277 e. The molecule has 1 aromatic rings. The van der Waals surface area contributed by atoms with E-state index in [2.05, 4.69) is 9.97 Å². The van der Waals surface area contributed by atoms with Gasteiger partial charge in [0.05, 0.1) is 19.3 Å². The second-order valence-electron chi connectivity index (χ2n) is 2.83. The molecule has 0 atom stereocenters. The van der Waals surface area contributed by atoms with E-state index >= 15 is 0 Å². The number of aromatic nitrogens is 2. The normalized spacial score (nSPS) is 9.82. The van der Waals surface area contributed by atoms with Crippen LogP contribution in [-0.2, 0) is 0 Å². The lowest BCUT2D eigenvalue weighted by molar-refractivity contribution is 0.0118. The van der Waals surface area contributed by atoms with E-state index in [0.717, 1.165) is 0 Å². The molecule has 1 rings (SSSR count). The average molecular weight is 289 g/mol. The Kier molecular flexibility index (Phi) is 8.73. The molecule has 98 valence electrons. The number of nitrogens with one attached hydrogen (secondary N) is 1. The Morgan fingerprint density at radius 3 is 2.53 bits per heavy atom. The fourth-order valence-electron chi connectivity index (χ4n) is 0.789. The van der Waals surface area contributed by atoms with Gasteiger partial charge >= 0.3 is 0 Å². The lowest BCUT2D eigenvalue weighted by Crippen LogP contribution is -2.41. The van der Waals surface area contributed by atoms with Crippen LogP contribution in [0.2, 0.25) is 0 Å². The summed E-state index contributed by atoms with van der Waals surface area (Å²) in [6, 6.07) is 0. The molecule has 5 nitrogen and oxygen atoms in total. The molecule has 0 aromatic carbocycles. The zero-order chi connectivity index (χ0) is 11.3. The van der Waals surface area contributed by atoms with Gasteiger partial charge in [0.15, 0.2) is 0 Å². The van der Waals surface area contributed by atoms with E-state index in [1.54, 1.807) is 0 Å². The van der Waals surface area contributed by atoms with Crippen LogP contribution in [0.5, 0.6) is 0 Å². The fourth-order valence-corrected chi connectivity index (χ4v) is 0.789. The molecule has 0 bridgehead atoms. The molecule has 0 unspecified atom stereocenters. The fraction of sp³-hybridized carbons (Fsp3) is 0.375.